The fourth-order valence-electron chi connectivity index (χ4n) is 3.35. The number of anilines is 1. The Bertz CT molecular complexity index is 661. The van der Waals surface area contributed by atoms with Crippen molar-refractivity contribution in [3.63, 3.8) is 0 Å². The van der Waals surface area contributed by atoms with Crippen molar-refractivity contribution in [1.82, 2.24) is 9.97 Å². The predicted octanol–water partition coefficient (Wildman–Crippen LogP) is 3.64. The number of rotatable bonds is 2. The number of phenols is 1. The molecule has 1 N–H and O–H groups in total. The third kappa shape index (κ3) is 3.06. The van der Waals surface area contributed by atoms with E-state index in [1.54, 1.807) is 6.07 Å². The van der Waals surface area contributed by atoms with E-state index in [9.17, 15) is 5.11 Å². The maximum Gasteiger partial charge on any atom is 0.165 e. The van der Waals surface area contributed by atoms with E-state index in [1.165, 1.54) is 6.42 Å². The number of aryl methyl sites for hydroxylation is 1. The van der Waals surface area contributed by atoms with Crippen molar-refractivity contribution in [3.8, 4) is 17.1 Å². The average molecular weight is 297 g/mol. The summed E-state index contributed by atoms with van der Waals surface area (Å²) in [6.45, 7) is 8.62. The Kier molecular flexibility index (Phi) is 4.01. The summed E-state index contributed by atoms with van der Waals surface area (Å²) >= 11 is 0. The standard InChI is InChI=1S/C18H23N3O/c1-12-8-13(2)11-21(10-12)17-9-14(3)19-18(20-17)15-6-4-5-7-16(15)22/h4-7,9,12-13,22H,8,10-11H2,1-3H3/t12-,13-/m0/s1. The van der Waals surface area contributed by atoms with Gasteiger partial charge in [0.05, 0.1) is 5.56 Å². The van der Waals surface area contributed by atoms with E-state index < -0.39 is 0 Å². The third-order valence-corrected chi connectivity index (χ3v) is 4.18. The van der Waals surface area contributed by atoms with Crippen LogP contribution >= 0.6 is 0 Å². The number of phenolic OH excluding ortho intramolecular Hbond substituents is 1. The summed E-state index contributed by atoms with van der Waals surface area (Å²) in [6, 6.07) is 9.27. The van der Waals surface area contributed by atoms with E-state index in [0.717, 1.165) is 24.6 Å². The molecule has 1 fully saturated rings. The van der Waals surface area contributed by atoms with Crippen LogP contribution in [-0.2, 0) is 0 Å². The molecule has 0 unspecified atom stereocenters. The van der Waals surface area contributed by atoms with Gasteiger partial charge in [0.1, 0.15) is 11.6 Å². The second kappa shape index (κ2) is 5.95. The molecule has 0 saturated carbocycles. The van der Waals surface area contributed by atoms with E-state index in [1.807, 2.05) is 31.2 Å². The number of piperidine rings is 1. The van der Waals surface area contributed by atoms with Gasteiger partial charge in [-0.3, -0.25) is 0 Å². The summed E-state index contributed by atoms with van der Waals surface area (Å²) in [4.78, 5) is 11.6. The van der Waals surface area contributed by atoms with Crippen molar-refractivity contribution in [1.29, 1.82) is 0 Å². The Balaban J connectivity index is 1.98. The van der Waals surface area contributed by atoms with Crippen LogP contribution in [0.25, 0.3) is 11.4 Å². The zero-order valence-corrected chi connectivity index (χ0v) is 13.5. The molecule has 4 heteroatoms. The molecule has 1 aliphatic heterocycles. The second-order valence-corrected chi connectivity index (χ2v) is 6.56. The fraction of sp³-hybridized carbons (Fsp3) is 0.444. The van der Waals surface area contributed by atoms with Crippen LogP contribution < -0.4 is 4.90 Å². The van der Waals surface area contributed by atoms with Gasteiger partial charge in [0.25, 0.3) is 0 Å². The maximum absolute atomic E-state index is 10.0. The highest BCUT2D eigenvalue weighted by Crippen LogP contribution is 2.30. The topological polar surface area (TPSA) is 49.2 Å². The van der Waals surface area contributed by atoms with Gasteiger partial charge in [0, 0.05) is 24.8 Å². The zero-order valence-electron chi connectivity index (χ0n) is 13.5. The van der Waals surface area contributed by atoms with Crippen molar-refractivity contribution in [3.05, 3.63) is 36.0 Å². The quantitative estimate of drug-likeness (QED) is 0.919. The molecule has 3 rings (SSSR count). The number of hydrogen-bond donors (Lipinski definition) is 1. The highest BCUT2D eigenvalue weighted by molar-refractivity contribution is 5.65. The lowest BCUT2D eigenvalue weighted by molar-refractivity contribution is 0.355. The maximum atomic E-state index is 10.0. The monoisotopic (exact) mass is 297 g/mol. The molecule has 0 amide bonds. The lowest BCUT2D eigenvalue weighted by atomic mass is 9.92. The van der Waals surface area contributed by atoms with Crippen molar-refractivity contribution >= 4 is 5.82 Å². The minimum Gasteiger partial charge on any atom is -0.507 e. The summed E-state index contributed by atoms with van der Waals surface area (Å²) in [7, 11) is 0. The third-order valence-electron chi connectivity index (χ3n) is 4.18. The highest BCUT2D eigenvalue weighted by atomic mass is 16.3. The van der Waals surface area contributed by atoms with Gasteiger partial charge in [0.2, 0.25) is 0 Å². The van der Waals surface area contributed by atoms with Crippen LogP contribution in [0.3, 0.4) is 0 Å². The number of nitrogens with zero attached hydrogens (tertiary/aromatic N) is 3. The van der Waals surface area contributed by atoms with E-state index in [0.29, 0.717) is 23.2 Å². The Morgan fingerprint density at radius 3 is 2.45 bits per heavy atom. The summed E-state index contributed by atoms with van der Waals surface area (Å²) in [5.41, 5.74) is 1.61. The van der Waals surface area contributed by atoms with Crippen LogP contribution in [0.5, 0.6) is 5.75 Å². The van der Waals surface area contributed by atoms with E-state index in [4.69, 9.17) is 4.98 Å². The molecule has 2 heterocycles. The van der Waals surface area contributed by atoms with Gasteiger partial charge in [-0.1, -0.05) is 26.0 Å². The van der Waals surface area contributed by atoms with Gasteiger partial charge in [-0.25, -0.2) is 9.97 Å². The fourth-order valence-corrected chi connectivity index (χ4v) is 3.35. The Morgan fingerprint density at radius 2 is 1.77 bits per heavy atom. The number of para-hydroxylation sites is 1. The molecule has 1 aromatic carbocycles. The van der Waals surface area contributed by atoms with Gasteiger partial charge in [-0.15, -0.1) is 0 Å². The normalized spacial score (nSPS) is 21.9. The minimum absolute atomic E-state index is 0.222. The molecule has 2 aromatic rings. The number of aromatic hydroxyl groups is 1. The molecule has 0 spiro atoms. The van der Waals surface area contributed by atoms with Gasteiger partial charge in [-0.05, 0) is 37.3 Å². The van der Waals surface area contributed by atoms with Crippen molar-refractivity contribution in [2.75, 3.05) is 18.0 Å². The first-order chi connectivity index (χ1) is 10.5. The largest absolute Gasteiger partial charge is 0.507 e. The van der Waals surface area contributed by atoms with E-state index in [2.05, 4.69) is 23.7 Å². The molecule has 1 aromatic heterocycles. The van der Waals surface area contributed by atoms with Crippen LogP contribution in [0.2, 0.25) is 0 Å². The van der Waals surface area contributed by atoms with Crippen LogP contribution in [0.4, 0.5) is 5.82 Å². The zero-order chi connectivity index (χ0) is 15.7. The summed E-state index contributed by atoms with van der Waals surface area (Å²) in [5, 5.41) is 10.0. The molecular weight excluding hydrogens is 274 g/mol. The van der Waals surface area contributed by atoms with Crippen molar-refractivity contribution in [2.45, 2.75) is 27.2 Å². The van der Waals surface area contributed by atoms with Gasteiger partial charge in [-0.2, -0.15) is 0 Å². The van der Waals surface area contributed by atoms with Gasteiger partial charge in [0.15, 0.2) is 5.82 Å². The molecule has 0 radical (unpaired) electrons. The van der Waals surface area contributed by atoms with E-state index in [-0.39, 0.29) is 5.75 Å². The lowest BCUT2D eigenvalue weighted by Gasteiger charge is -2.36. The Labute approximate surface area is 131 Å². The molecule has 0 bridgehead atoms. The molecule has 1 aliphatic rings. The highest BCUT2D eigenvalue weighted by Gasteiger charge is 2.23. The Morgan fingerprint density at radius 1 is 1.09 bits per heavy atom. The molecule has 0 aliphatic carbocycles. The lowest BCUT2D eigenvalue weighted by Crippen LogP contribution is -2.39. The molecule has 2 atom stereocenters. The van der Waals surface area contributed by atoms with Gasteiger partial charge < -0.3 is 10.0 Å². The second-order valence-electron chi connectivity index (χ2n) is 6.56. The van der Waals surface area contributed by atoms with Crippen molar-refractivity contribution < 1.29 is 5.11 Å². The molecule has 1 saturated heterocycles. The first-order valence-electron chi connectivity index (χ1n) is 7.92. The summed E-state index contributed by atoms with van der Waals surface area (Å²) < 4.78 is 0. The molecule has 4 nitrogen and oxygen atoms in total. The van der Waals surface area contributed by atoms with Gasteiger partial charge >= 0.3 is 0 Å². The first kappa shape index (κ1) is 14.8. The summed E-state index contributed by atoms with van der Waals surface area (Å²) in [6.07, 6.45) is 1.27. The number of hydrogen-bond acceptors (Lipinski definition) is 4. The predicted molar refractivity (Wildman–Crippen MR) is 89.0 cm³/mol. The molecular formula is C18H23N3O. The average Bonchev–Trinajstić information content (AvgIpc) is 2.46. The van der Waals surface area contributed by atoms with E-state index >= 15 is 0 Å². The Hall–Kier alpha value is -2.10. The first-order valence-corrected chi connectivity index (χ1v) is 7.92. The number of aromatic nitrogens is 2. The minimum atomic E-state index is 0.222. The smallest absolute Gasteiger partial charge is 0.165 e. The van der Waals surface area contributed by atoms with Crippen LogP contribution in [0.15, 0.2) is 30.3 Å². The molecule has 22 heavy (non-hydrogen) atoms. The van der Waals surface area contributed by atoms with Crippen LogP contribution in [-0.4, -0.2) is 28.2 Å². The van der Waals surface area contributed by atoms with Crippen LogP contribution in [0, 0.1) is 18.8 Å². The number of benzene rings is 1. The van der Waals surface area contributed by atoms with Crippen LogP contribution in [0.1, 0.15) is 26.0 Å². The SMILES string of the molecule is Cc1cc(N2C[C@@H](C)C[C@H](C)C2)nc(-c2ccccc2O)n1. The van der Waals surface area contributed by atoms with Crippen molar-refractivity contribution in [2.24, 2.45) is 11.8 Å². The summed E-state index contributed by atoms with van der Waals surface area (Å²) in [5.74, 6) is 3.13. The molecule has 116 valence electrons.